The first-order valence-electron chi connectivity index (χ1n) is 28.3. The van der Waals surface area contributed by atoms with Gasteiger partial charge in [-0.1, -0.05) is 148 Å². The number of ether oxygens (including phenoxy) is 4. The Morgan fingerprint density at radius 1 is 0.532 bits per heavy atom. The lowest BCUT2D eigenvalue weighted by molar-refractivity contribution is 0.0234. The van der Waals surface area contributed by atoms with Crippen molar-refractivity contribution in [2.24, 2.45) is 0 Å². The van der Waals surface area contributed by atoms with Crippen molar-refractivity contribution in [1.82, 2.24) is 0 Å². The molecule has 2 aliphatic heterocycles. The molecule has 0 aromatic heterocycles. The van der Waals surface area contributed by atoms with E-state index in [1.165, 1.54) is 54.5 Å². The highest BCUT2D eigenvalue weighted by atomic mass is 32.2. The van der Waals surface area contributed by atoms with Crippen LogP contribution in [0.5, 0.6) is 23.0 Å². The van der Waals surface area contributed by atoms with Crippen LogP contribution in [0.2, 0.25) is 36.3 Å². The summed E-state index contributed by atoms with van der Waals surface area (Å²) in [6.07, 6.45) is 13.5. The number of methoxy groups -OCH3 is 4. The van der Waals surface area contributed by atoms with Crippen LogP contribution in [0.3, 0.4) is 0 Å². The molecule has 0 aliphatic carbocycles. The fraction of sp³-hybridized carbons (Fsp3) is 0.576. The number of thioether (sulfide) groups is 2. The highest BCUT2D eigenvalue weighted by molar-refractivity contribution is 7.99. The van der Waals surface area contributed by atoms with Gasteiger partial charge in [0.25, 0.3) is 0 Å². The summed E-state index contributed by atoms with van der Waals surface area (Å²) in [7, 11) is 3.53. The van der Waals surface area contributed by atoms with Crippen LogP contribution in [-0.4, -0.2) is 74.9 Å². The van der Waals surface area contributed by atoms with E-state index >= 15 is 0 Å². The Morgan fingerprint density at radius 3 is 1.47 bits per heavy atom. The first-order valence-corrected chi connectivity index (χ1v) is 36.1. The Hall–Kier alpha value is -3.79. The molecule has 11 heteroatoms. The largest absolute Gasteiger partial charge is 0.497 e. The van der Waals surface area contributed by atoms with Gasteiger partial charge in [0.2, 0.25) is 0 Å². The van der Waals surface area contributed by atoms with Crippen molar-refractivity contribution in [2.75, 3.05) is 53.2 Å². The van der Waals surface area contributed by atoms with Crippen molar-refractivity contribution < 1.29 is 32.9 Å². The summed E-state index contributed by atoms with van der Waals surface area (Å²) in [6.45, 7) is 29.4. The molecule has 0 amide bonds. The zero-order chi connectivity index (χ0) is 56.5. The Labute approximate surface area is 478 Å². The molecule has 0 spiro atoms. The highest BCUT2D eigenvalue weighted by Gasteiger charge is 2.52. The molecule has 0 saturated heterocycles. The van der Waals surface area contributed by atoms with Gasteiger partial charge in [-0.3, -0.25) is 0 Å². The molecule has 1 N–H and O–H groups in total. The summed E-state index contributed by atoms with van der Waals surface area (Å²) in [5, 5.41) is 12.9. The normalized spacial score (nSPS) is 20.2. The Kier molecular flexibility index (Phi) is 23.8. The number of fused-ring (bicyclic) bond motifs is 2. The molecule has 0 fully saturated rings. The lowest BCUT2D eigenvalue weighted by Crippen LogP contribution is -2.50. The molecule has 422 valence electrons. The SMILES string of the molecule is COc1ccc(C2(C)CSc3cc(OC)ccc3C2(O)C#CCCCCCCCO[Si](C)(C)C(C)(C)C)cc1.COc1ccc(C2(C)CSc3cc(OC)ccc3C2C#CCCCCCCCO[Si](C)(C)C(C)(C)C)cc1. The molecule has 0 radical (unpaired) electrons. The number of hydrogen-bond donors (Lipinski definition) is 1. The Morgan fingerprint density at radius 2 is 0.961 bits per heavy atom. The quantitative estimate of drug-likeness (QED) is 0.0470. The summed E-state index contributed by atoms with van der Waals surface area (Å²) in [4.78, 5) is 2.31. The van der Waals surface area contributed by atoms with Gasteiger partial charge in [0.15, 0.2) is 22.2 Å². The van der Waals surface area contributed by atoms with E-state index in [-0.39, 0.29) is 16.4 Å². The maximum Gasteiger partial charge on any atom is 0.191 e. The summed E-state index contributed by atoms with van der Waals surface area (Å²) in [5.41, 5.74) is 2.57. The molecule has 4 unspecified atom stereocenters. The molecular formula is C66H96O7S2Si2. The number of rotatable bonds is 22. The van der Waals surface area contributed by atoms with Gasteiger partial charge in [-0.15, -0.1) is 29.4 Å². The van der Waals surface area contributed by atoms with E-state index in [0.717, 1.165) is 96.5 Å². The first kappa shape index (κ1) is 64.0. The van der Waals surface area contributed by atoms with Gasteiger partial charge in [0, 0.05) is 63.7 Å². The molecule has 2 heterocycles. The average Bonchev–Trinajstić information content (AvgIpc) is 3.46. The van der Waals surface area contributed by atoms with Gasteiger partial charge in [-0.05, 0) is 127 Å². The third kappa shape index (κ3) is 16.7. The first-order chi connectivity index (χ1) is 36.4. The number of hydrogen-bond acceptors (Lipinski definition) is 9. The van der Waals surface area contributed by atoms with E-state index < -0.39 is 27.7 Å². The molecule has 77 heavy (non-hydrogen) atoms. The van der Waals surface area contributed by atoms with Crippen LogP contribution in [0.25, 0.3) is 0 Å². The summed E-state index contributed by atoms with van der Waals surface area (Å²) < 4.78 is 34.3. The fourth-order valence-electron chi connectivity index (χ4n) is 9.39. The number of unbranched alkanes of at least 4 members (excludes halogenated alkanes) is 10. The van der Waals surface area contributed by atoms with Crippen LogP contribution in [0.15, 0.2) is 94.7 Å². The van der Waals surface area contributed by atoms with Crippen molar-refractivity contribution in [3.63, 3.8) is 0 Å². The van der Waals surface area contributed by atoms with E-state index in [1.54, 1.807) is 40.2 Å². The topological polar surface area (TPSA) is 75.6 Å². The molecule has 0 saturated carbocycles. The molecule has 2 aliphatic rings. The number of benzene rings is 4. The van der Waals surface area contributed by atoms with E-state index in [9.17, 15) is 5.11 Å². The maximum absolute atomic E-state index is 12.3. The second-order valence-electron chi connectivity index (χ2n) is 24.6. The van der Waals surface area contributed by atoms with E-state index in [0.29, 0.717) is 10.8 Å². The van der Waals surface area contributed by atoms with Crippen molar-refractivity contribution in [2.45, 2.75) is 201 Å². The molecule has 6 rings (SSSR count). The Balaban J connectivity index is 0.000000284. The Bertz CT molecular complexity index is 2600. The van der Waals surface area contributed by atoms with Crippen LogP contribution in [0.1, 0.15) is 161 Å². The summed E-state index contributed by atoms with van der Waals surface area (Å²) >= 11 is 3.65. The fourth-order valence-corrected chi connectivity index (χ4v) is 14.3. The van der Waals surface area contributed by atoms with E-state index in [4.69, 9.17) is 27.8 Å². The molecule has 0 bridgehead atoms. The average molecular weight is 1120 g/mol. The van der Waals surface area contributed by atoms with Gasteiger partial charge >= 0.3 is 0 Å². The molecular weight excluding hydrogens is 1030 g/mol. The van der Waals surface area contributed by atoms with Crippen molar-refractivity contribution >= 4 is 40.2 Å². The molecule has 4 atom stereocenters. The zero-order valence-electron chi connectivity index (χ0n) is 50.2. The van der Waals surface area contributed by atoms with Crippen molar-refractivity contribution in [1.29, 1.82) is 0 Å². The third-order valence-electron chi connectivity index (χ3n) is 17.0. The predicted molar refractivity (Wildman–Crippen MR) is 332 cm³/mol. The van der Waals surface area contributed by atoms with Crippen LogP contribution in [0, 0.1) is 23.7 Å². The monoisotopic (exact) mass is 1120 g/mol. The van der Waals surface area contributed by atoms with Gasteiger partial charge < -0.3 is 32.9 Å². The maximum atomic E-state index is 12.3. The summed E-state index contributed by atoms with van der Waals surface area (Å²) in [5.74, 6) is 19.3. The van der Waals surface area contributed by atoms with Gasteiger partial charge in [-0.25, -0.2) is 0 Å². The summed E-state index contributed by atoms with van der Waals surface area (Å²) in [6, 6.07) is 28.9. The lowest BCUT2D eigenvalue weighted by atomic mass is 9.66. The van der Waals surface area contributed by atoms with Gasteiger partial charge in [0.1, 0.15) is 23.0 Å². The third-order valence-corrected chi connectivity index (χ3v) is 28.9. The van der Waals surface area contributed by atoms with E-state index in [1.807, 2.05) is 42.1 Å². The van der Waals surface area contributed by atoms with Crippen LogP contribution in [0.4, 0.5) is 0 Å². The van der Waals surface area contributed by atoms with Crippen LogP contribution >= 0.6 is 23.5 Å². The minimum absolute atomic E-state index is 0.0737. The van der Waals surface area contributed by atoms with Crippen molar-refractivity contribution in [3.8, 4) is 46.7 Å². The standard InChI is InChI=1S/C33H48O4SSi.C33H48O3SSi/c1-31(2,3)39(7,8)37-23-15-13-11-9-10-12-14-22-33(34)29-21-20-28(36-6)24-30(29)38-25-32(33,4)26-16-18-27(35-5)19-17-26;1-32(2,3)38(7,8)36-23-15-13-11-9-10-12-14-16-30-29-22-21-28(35-6)24-31(29)37-25-33(30,4)26-17-19-27(34-5)20-18-26/h16-21,24,34H,9-13,15,23,25H2,1-8H3;17-22,24,30H,9-13,15,23,25H2,1-8H3. The van der Waals surface area contributed by atoms with Crippen LogP contribution in [-0.2, 0) is 25.3 Å². The van der Waals surface area contributed by atoms with Gasteiger partial charge in [0.05, 0.1) is 34.4 Å². The second kappa shape index (κ2) is 28.6. The smallest absolute Gasteiger partial charge is 0.191 e. The minimum Gasteiger partial charge on any atom is -0.497 e. The van der Waals surface area contributed by atoms with Crippen molar-refractivity contribution in [3.05, 3.63) is 107 Å². The molecule has 7 nitrogen and oxygen atoms in total. The molecule has 4 aromatic rings. The second-order valence-corrected chi connectivity index (χ2v) is 36.2. The number of aliphatic hydroxyl groups is 1. The van der Waals surface area contributed by atoms with Gasteiger partial charge in [-0.2, -0.15) is 0 Å². The highest BCUT2D eigenvalue weighted by Crippen LogP contribution is 2.54. The zero-order valence-corrected chi connectivity index (χ0v) is 53.8. The molecule has 4 aromatic carbocycles. The van der Waals surface area contributed by atoms with E-state index in [2.05, 4.69) is 160 Å². The minimum atomic E-state index is -1.64. The van der Waals surface area contributed by atoms with Crippen LogP contribution < -0.4 is 18.9 Å². The lowest BCUT2D eigenvalue weighted by Gasteiger charge is -2.46. The predicted octanol–water partition coefficient (Wildman–Crippen LogP) is 17.5.